The van der Waals surface area contributed by atoms with E-state index in [1.54, 1.807) is 17.9 Å². The number of alkyl halides is 3. The van der Waals surface area contributed by atoms with Gasteiger partial charge >= 0.3 is 6.18 Å². The summed E-state index contributed by atoms with van der Waals surface area (Å²) in [6.45, 7) is 6.02. The van der Waals surface area contributed by atoms with Gasteiger partial charge < -0.3 is 10.0 Å². The molecule has 0 spiro atoms. The monoisotopic (exact) mass is 391 g/mol. The molecule has 0 bridgehead atoms. The van der Waals surface area contributed by atoms with Crippen molar-refractivity contribution in [1.29, 1.82) is 0 Å². The number of amides is 1. The zero-order valence-corrected chi connectivity index (χ0v) is 15.6. The third kappa shape index (κ3) is 4.29. The summed E-state index contributed by atoms with van der Waals surface area (Å²) < 4.78 is 39.8. The van der Waals surface area contributed by atoms with Crippen molar-refractivity contribution in [3.63, 3.8) is 0 Å². The van der Waals surface area contributed by atoms with Crippen molar-refractivity contribution in [2.45, 2.75) is 38.9 Å². The number of benzene rings is 1. The molecular formula is C21H22F3N2O2. The van der Waals surface area contributed by atoms with E-state index in [9.17, 15) is 23.1 Å². The molecule has 28 heavy (non-hydrogen) atoms. The van der Waals surface area contributed by atoms with E-state index in [-0.39, 0.29) is 24.2 Å². The lowest BCUT2D eigenvalue weighted by Crippen LogP contribution is -2.31. The zero-order valence-electron chi connectivity index (χ0n) is 15.6. The highest BCUT2D eigenvalue weighted by molar-refractivity contribution is 5.81. The lowest BCUT2D eigenvalue weighted by atomic mass is 9.96. The van der Waals surface area contributed by atoms with Crippen LogP contribution in [0.25, 0.3) is 11.1 Å². The molecule has 1 aromatic carbocycles. The number of halogens is 3. The van der Waals surface area contributed by atoms with Gasteiger partial charge in [-0.1, -0.05) is 6.07 Å². The Hall–Kier alpha value is -2.57. The van der Waals surface area contributed by atoms with Crippen LogP contribution in [0.4, 0.5) is 13.2 Å². The first-order chi connectivity index (χ1) is 13.2. The molecule has 4 nitrogen and oxygen atoms in total. The summed E-state index contributed by atoms with van der Waals surface area (Å²) in [6, 6.07) is 5.03. The first kappa shape index (κ1) is 20.2. The average Bonchev–Trinajstić information content (AvgIpc) is 3.50. The SMILES string of the molecule is [CH2]Cc1cnc(O)c(-c2ccc(C(F)(F)F)cc2CN(CC)C(=O)C2CC2)c1. The molecule has 1 aliphatic carbocycles. The Bertz CT molecular complexity index is 876. The Morgan fingerprint density at radius 3 is 2.57 bits per heavy atom. The van der Waals surface area contributed by atoms with Crippen molar-refractivity contribution in [2.75, 3.05) is 6.54 Å². The molecule has 3 rings (SSSR count). The van der Waals surface area contributed by atoms with E-state index in [0.29, 0.717) is 29.7 Å². The zero-order chi connectivity index (χ0) is 20.5. The van der Waals surface area contributed by atoms with Crippen LogP contribution in [-0.4, -0.2) is 27.4 Å². The Labute approximate surface area is 162 Å². The highest BCUT2D eigenvalue weighted by Crippen LogP contribution is 2.37. The Kier molecular flexibility index (Phi) is 5.63. The normalized spacial score (nSPS) is 14.2. The molecule has 1 N–H and O–H groups in total. The number of aromatic nitrogens is 1. The molecule has 149 valence electrons. The van der Waals surface area contributed by atoms with Crippen molar-refractivity contribution < 1.29 is 23.1 Å². The number of hydrogen-bond acceptors (Lipinski definition) is 3. The van der Waals surface area contributed by atoms with Gasteiger partial charge in [0.2, 0.25) is 11.8 Å². The van der Waals surface area contributed by atoms with Crippen LogP contribution in [0.15, 0.2) is 30.5 Å². The molecule has 1 aromatic heterocycles. The van der Waals surface area contributed by atoms with Gasteiger partial charge in [-0.05, 0) is 68.0 Å². The maximum Gasteiger partial charge on any atom is 0.416 e. The van der Waals surface area contributed by atoms with Crippen LogP contribution >= 0.6 is 0 Å². The number of rotatable bonds is 6. The topological polar surface area (TPSA) is 53.4 Å². The van der Waals surface area contributed by atoms with Crippen LogP contribution in [0.1, 0.15) is 36.5 Å². The van der Waals surface area contributed by atoms with Gasteiger partial charge in [0, 0.05) is 30.8 Å². The summed E-state index contributed by atoms with van der Waals surface area (Å²) in [5.41, 5.74) is 1.04. The molecule has 0 aliphatic heterocycles. The van der Waals surface area contributed by atoms with Crippen LogP contribution < -0.4 is 0 Å². The maximum atomic E-state index is 13.3. The van der Waals surface area contributed by atoms with Crippen molar-refractivity contribution >= 4 is 5.91 Å². The van der Waals surface area contributed by atoms with E-state index in [4.69, 9.17) is 0 Å². The van der Waals surface area contributed by atoms with Gasteiger partial charge in [-0.3, -0.25) is 4.79 Å². The smallest absolute Gasteiger partial charge is 0.416 e. The van der Waals surface area contributed by atoms with Crippen LogP contribution in [-0.2, 0) is 23.9 Å². The Balaban J connectivity index is 2.07. The van der Waals surface area contributed by atoms with Crippen LogP contribution in [0.3, 0.4) is 0 Å². The minimum absolute atomic E-state index is 0.0289. The number of hydrogen-bond donors (Lipinski definition) is 1. The highest BCUT2D eigenvalue weighted by atomic mass is 19.4. The van der Waals surface area contributed by atoms with Gasteiger partial charge in [0.15, 0.2) is 0 Å². The summed E-state index contributed by atoms with van der Waals surface area (Å²) >= 11 is 0. The summed E-state index contributed by atoms with van der Waals surface area (Å²) in [6.07, 6.45) is -0.954. The van der Waals surface area contributed by atoms with E-state index in [0.717, 1.165) is 30.5 Å². The molecule has 7 heteroatoms. The highest BCUT2D eigenvalue weighted by Gasteiger charge is 2.34. The third-order valence-electron chi connectivity index (χ3n) is 4.92. The molecule has 1 saturated carbocycles. The predicted molar refractivity (Wildman–Crippen MR) is 99.2 cm³/mol. The van der Waals surface area contributed by atoms with Gasteiger partial charge in [-0.15, -0.1) is 0 Å². The predicted octanol–water partition coefficient (Wildman–Crippen LogP) is 4.61. The molecule has 0 saturated heterocycles. The van der Waals surface area contributed by atoms with Crippen LogP contribution in [0.5, 0.6) is 5.88 Å². The maximum absolute atomic E-state index is 13.3. The summed E-state index contributed by atoms with van der Waals surface area (Å²) in [5.74, 6) is -0.340. The Morgan fingerprint density at radius 2 is 2.00 bits per heavy atom. The number of carbonyl (C=O) groups is 1. The second-order valence-electron chi connectivity index (χ2n) is 6.96. The quantitative estimate of drug-likeness (QED) is 0.783. The van der Waals surface area contributed by atoms with Crippen molar-refractivity contribution in [2.24, 2.45) is 5.92 Å². The lowest BCUT2D eigenvalue weighted by Gasteiger charge is -2.23. The van der Waals surface area contributed by atoms with E-state index >= 15 is 0 Å². The van der Waals surface area contributed by atoms with Crippen LogP contribution in [0, 0.1) is 12.8 Å². The summed E-state index contributed by atoms with van der Waals surface area (Å²) in [4.78, 5) is 18.0. The number of carbonyl (C=O) groups excluding carboxylic acids is 1. The third-order valence-corrected chi connectivity index (χ3v) is 4.92. The fraction of sp³-hybridized carbons (Fsp3) is 0.381. The fourth-order valence-corrected chi connectivity index (χ4v) is 3.14. The van der Waals surface area contributed by atoms with E-state index in [2.05, 4.69) is 11.9 Å². The number of pyridine rings is 1. The molecule has 1 amide bonds. The van der Waals surface area contributed by atoms with Crippen LogP contribution in [0.2, 0.25) is 0 Å². The standard InChI is InChI=1S/C21H22F3N2O2/c1-3-13-9-18(19(27)25-11-13)17-8-7-16(21(22,23)24)10-15(17)12-26(4-2)20(28)14-5-6-14/h7-11,14H,1,3-6,12H2,2H3,(H,25,27). The summed E-state index contributed by atoms with van der Waals surface area (Å²) in [7, 11) is 0. The number of nitrogens with zero attached hydrogens (tertiary/aromatic N) is 2. The molecule has 0 atom stereocenters. The molecule has 1 heterocycles. The second-order valence-corrected chi connectivity index (χ2v) is 6.96. The molecular weight excluding hydrogens is 369 g/mol. The van der Waals surface area contributed by atoms with Gasteiger partial charge in [0.1, 0.15) is 0 Å². The fourth-order valence-electron chi connectivity index (χ4n) is 3.14. The molecule has 1 fully saturated rings. The molecule has 1 aliphatic rings. The van der Waals surface area contributed by atoms with Gasteiger partial charge in [-0.25, -0.2) is 4.98 Å². The minimum atomic E-state index is -4.50. The molecule has 1 radical (unpaired) electrons. The minimum Gasteiger partial charge on any atom is -0.493 e. The van der Waals surface area contributed by atoms with E-state index in [1.807, 2.05) is 0 Å². The first-order valence-electron chi connectivity index (χ1n) is 9.21. The summed E-state index contributed by atoms with van der Waals surface area (Å²) in [5, 5.41) is 10.2. The van der Waals surface area contributed by atoms with Crippen molar-refractivity contribution in [3.05, 3.63) is 54.1 Å². The largest absolute Gasteiger partial charge is 0.493 e. The van der Waals surface area contributed by atoms with Crippen molar-refractivity contribution in [3.8, 4) is 17.0 Å². The molecule has 0 unspecified atom stereocenters. The van der Waals surface area contributed by atoms with Gasteiger partial charge in [0.05, 0.1) is 5.56 Å². The first-order valence-corrected chi connectivity index (χ1v) is 9.21. The van der Waals surface area contributed by atoms with E-state index in [1.165, 1.54) is 12.3 Å². The Morgan fingerprint density at radius 1 is 1.29 bits per heavy atom. The van der Waals surface area contributed by atoms with E-state index < -0.39 is 11.7 Å². The van der Waals surface area contributed by atoms with Crippen molar-refractivity contribution in [1.82, 2.24) is 9.88 Å². The lowest BCUT2D eigenvalue weighted by molar-refractivity contribution is -0.137. The molecule has 2 aromatic rings. The van der Waals surface area contributed by atoms with Gasteiger partial charge in [-0.2, -0.15) is 13.2 Å². The second kappa shape index (κ2) is 7.81. The average molecular weight is 391 g/mol. The number of aromatic hydroxyl groups is 1. The van der Waals surface area contributed by atoms with Gasteiger partial charge in [0.25, 0.3) is 0 Å².